The molecule has 1 unspecified atom stereocenters. The van der Waals surface area contributed by atoms with Crippen LogP contribution in [0.4, 0.5) is 0 Å². The van der Waals surface area contributed by atoms with Crippen molar-refractivity contribution >= 4 is 15.9 Å². The van der Waals surface area contributed by atoms with E-state index in [1.165, 1.54) is 19.3 Å². The molecule has 68 valence electrons. The van der Waals surface area contributed by atoms with Gasteiger partial charge in [0.1, 0.15) is 5.76 Å². The summed E-state index contributed by atoms with van der Waals surface area (Å²) < 4.78 is 5.24. The maximum atomic E-state index is 5.24. The third-order valence-electron chi connectivity index (χ3n) is 1.89. The first-order valence-electron chi connectivity index (χ1n) is 4.49. The topological polar surface area (TPSA) is 13.1 Å². The molecule has 1 nitrogen and oxygen atoms in total. The number of alkyl halides is 1. The minimum absolute atomic E-state index is 0.646. The molecular weight excluding hydrogens is 216 g/mol. The monoisotopic (exact) mass is 230 g/mol. The molecule has 0 aliphatic rings. The second-order valence-corrected chi connectivity index (χ2v) is 4.30. The molecule has 0 N–H and O–H groups in total. The van der Waals surface area contributed by atoms with Crippen molar-refractivity contribution in [2.45, 2.75) is 37.4 Å². The number of hydrogen-bond acceptors (Lipinski definition) is 1. The van der Waals surface area contributed by atoms with Crippen LogP contribution in [0, 0.1) is 0 Å². The Bertz CT molecular complexity index is 194. The molecule has 0 aliphatic carbocycles. The first-order valence-corrected chi connectivity index (χ1v) is 5.41. The summed E-state index contributed by atoms with van der Waals surface area (Å²) in [5.74, 6) is 1.09. The second-order valence-electron chi connectivity index (χ2n) is 3.00. The van der Waals surface area contributed by atoms with E-state index in [1.807, 2.05) is 12.1 Å². The molecule has 1 rings (SSSR count). The zero-order valence-corrected chi connectivity index (χ0v) is 9.01. The van der Waals surface area contributed by atoms with Crippen LogP contribution in [-0.4, -0.2) is 4.83 Å². The first-order chi connectivity index (χ1) is 5.83. The quantitative estimate of drug-likeness (QED) is 0.703. The predicted octanol–water partition coefficient (Wildman–Crippen LogP) is 3.78. The van der Waals surface area contributed by atoms with Crippen molar-refractivity contribution in [3.8, 4) is 0 Å². The zero-order valence-electron chi connectivity index (χ0n) is 7.42. The molecule has 0 aliphatic heterocycles. The normalized spacial score (nSPS) is 13.2. The van der Waals surface area contributed by atoms with Crippen molar-refractivity contribution in [1.29, 1.82) is 0 Å². The Morgan fingerprint density at radius 3 is 2.92 bits per heavy atom. The lowest BCUT2D eigenvalue weighted by Gasteiger charge is -2.05. The van der Waals surface area contributed by atoms with E-state index in [9.17, 15) is 0 Å². The molecule has 0 spiro atoms. The van der Waals surface area contributed by atoms with E-state index in [2.05, 4.69) is 22.9 Å². The fraction of sp³-hybridized carbons (Fsp3) is 0.600. The van der Waals surface area contributed by atoms with Crippen molar-refractivity contribution in [2.24, 2.45) is 0 Å². The highest BCUT2D eigenvalue weighted by Gasteiger charge is 2.03. The van der Waals surface area contributed by atoms with Gasteiger partial charge in [-0.25, -0.2) is 0 Å². The lowest BCUT2D eigenvalue weighted by Crippen LogP contribution is -1.98. The van der Waals surface area contributed by atoms with E-state index in [0.717, 1.165) is 12.2 Å². The lowest BCUT2D eigenvalue weighted by molar-refractivity contribution is 0.497. The van der Waals surface area contributed by atoms with Crippen LogP contribution in [0.2, 0.25) is 0 Å². The Hall–Kier alpha value is -0.240. The minimum atomic E-state index is 0.646. The molecule has 1 aromatic rings. The average molecular weight is 231 g/mol. The van der Waals surface area contributed by atoms with Gasteiger partial charge in [-0.3, -0.25) is 0 Å². The van der Waals surface area contributed by atoms with E-state index < -0.39 is 0 Å². The van der Waals surface area contributed by atoms with Gasteiger partial charge in [0.2, 0.25) is 0 Å². The number of hydrogen-bond donors (Lipinski definition) is 0. The molecule has 0 amide bonds. The summed E-state index contributed by atoms with van der Waals surface area (Å²) in [6.45, 7) is 2.21. The van der Waals surface area contributed by atoms with Crippen LogP contribution in [0.3, 0.4) is 0 Å². The molecular formula is C10H15BrO. The predicted molar refractivity (Wildman–Crippen MR) is 54.7 cm³/mol. The largest absolute Gasteiger partial charge is 0.469 e. The molecule has 1 atom stereocenters. The van der Waals surface area contributed by atoms with Gasteiger partial charge in [0, 0.05) is 11.2 Å². The van der Waals surface area contributed by atoms with Crippen LogP contribution in [0.25, 0.3) is 0 Å². The van der Waals surface area contributed by atoms with Gasteiger partial charge in [-0.15, -0.1) is 0 Å². The average Bonchev–Trinajstić information content (AvgIpc) is 2.53. The fourth-order valence-electron chi connectivity index (χ4n) is 1.21. The summed E-state index contributed by atoms with van der Waals surface area (Å²) in [6.07, 6.45) is 6.44. The van der Waals surface area contributed by atoms with Gasteiger partial charge in [-0.1, -0.05) is 29.3 Å². The number of aryl methyl sites for hydroxylation is 1. The third-order valence-corrected chi connectivity index (χ3v) is 2.80. The van der Waals surface area contributed by atoms with Gasteiger partial charge >= 0.3 is 0 Å². The third kappa shape index (κ3) is 3.44. The molecule has 0 bridgehead atoms. The van der Waals surface area contributed by atoms with Gasteiger partial charge in [-0.05, 0) is 25.0 Å². The van der Waals surface area contributed by atoms with Crippen LogP contribution in [-0.2, 0) is 6.42 Å². The Labute approximate surface area is 82.3 Å². The van der Waals surface area contributed by atoms with Crippen molar-refractivity contribution in [3.05, 3.63) is 24.2 Å². The van der Waals surface area contributed by atoms with Gasteiger partial charge in [-0.2, -0.15) is 0 Å². The SMILES string of the molecule is CCCC(Br)CCc1ccco1. The molecule has 1 aromatic heterocycles. The van der Waals surface area contributed by atoms with E-state index in [0.29, 0.717) is 4.83 Å². The van der Waals surface area contributed by atoms with Crippen molar-refractivity contribution in [3.63, 3.8) is 0 Å². The lowest BCUT2D eigenvalue weighted by atomic mass is 10.1. The summed E-state index contributed by atoms with van der Waals surface area (Å²) in [7, 11) is 0. The maximum Gasteiger partial charge on any atom is 0.103 e. The summed E-state index contributed by atoms with van der Waals surface area (Å²) in [4.78, 5) is 0.646. The maximum absolute atomic E-state index is 5.24. The van der Waals surface area contributed by atoms with Crippen LogP contribution in [0.15, 0.2) is 22.8 Å². The molecule has 12 heavy (non-hydrogen) atoms. The molecule has 2 heteroatoms. The number of furan rings is 1. The van der Waals surface area contributed by atoms with Crippen LogP contribution in [0.1, 0.15) is 31.9 Å². The summed E-state index contributed by atoms with van der Waals surface area (Å²) >= 11 is 3.64. The summed E-state index contributed by atoms with van der Waals surface area (Å²) in [5.41, 5.74) is 0. The molecule has 0 aromatic carbocycles. The fourth-order valence-corrected chi connectivity index (χ4v) is 1.90. The van der Waals surface area contributed by atoms with E-state index >= 15 is 0 Å². The van der Waals surface area contributed by atoms with E-state index in [-0.39, 0.29) is 0 Å². The van der Waals surface area contributed by atoms with Crippen LogP contribution < -0.4 is 0 Å². The molecule has 1 heterocycles. The smallest absolute Gasteiger partial charge is 0.103 e. The summed E-state index contributed by atoms with van der Waals surface area (Å²) in [6, 6.07) is 3.98. The minimum Gasteiger partial charge on any atom is -0.469 e. The molecule has 0 saturated heterocycles. The Kier molecular flexibility index (Phi) is 4.44. The van der Waals surface area contributed by atoms with Crippen LogP contribution >= 0.6 is 15.9 Å². The first kappa shape index (κ1) is 9.85. The van der Waals surface area contributed by atoms with Gasteiger partial charge in [0.25, 0.3) is 0 Å². The summed E-state index contributed by atoms with van der Waals surface area (Å²) in [5, 5.41) is 0. The van der Waals surface area contributed by atoms with E-state index in [1.54, 1.807) is 6.26 Å². The van der Waals surface area contributed by atoms with Gasteiger partial charge < -0.3 is 4.42 Å². The highest BCUT2D eigenvalue weighted by atomic mass is 79.9. The highest BCUT2D eigenvalue weighted by molar-refractivity contribution is 9.09. The van der Waals surface area contributed by atoms with Gasteiger partial charge in [0.15, 0.2) is 0 Å². The second kappa shape index (κ2) is 5.41. The number of rotatable bonds is 5. The Morgan fingerprint density at radius 2 is 2.33 bits per heavy atom. The van der Waals surface area contributed by atoms with Gasteiger partial charge in [0.05, 0.1) is 6.26 Å². The van der Waals surface area contributed by atoms with Crippen molar-refractivity contribution < 1.29 is 4.42 Å². The Balaban J connectivity index is 2.17. The molecule has 0 radical (unpaired) electrons. The van der Waals surface area contributed by atoms with Crippen LogP contribution in [0.5, 0.6) is 0 Å². The molecule has 0 saturated carbocycles. The van der Waals surface area contributed by atoms with Crippen molar-refractivity contribution in [1.82, 2.24) is 0 Å². The Morgan fingerprint density at radius 1 is 1.50 bits per heavy atom. The highest BCUT2D eigenvalue weighted by Crippen LogP contribution is 2.15. The van der Waals surface area contributed by atoms with E-state index in [4.69, 9.17) is 4.42 Å². The standard InChI is InChI=1S/C10H15BrO/c1-2-4-9(11)6-7-10-5-3-8-12-10/h3,5,8-9H,2,4,6-7H2,1H3. The van der Waals surface area contributed by atoms with Crippen molar-refractivity contribution in [2.75, 3.05) is 0 Å². The zero-order chi connectivity index (χ0) is 8.81. The number of halogens is 1. The molecule has 0 fully saturated rings.